The number of benzene rings is 1. The lowest BCUT2D eigenvalue weighted by atomic mass is 9.74. The fraction of sp³-hybridized carbons (Fsp3) is 0.588. The van der Waals surface area contributed by atoms with Crippen molar-refractivity contribution in [1.29, 1.82) is 0 Å². The minimum absolute atomic E-state index is 0.0506. The van der Waals surface area contributed by atoms with E-state index in [1.165, 1.54) is 6.42 Å². The number of amides is 1. The highest BCUT2D eigenvalue weighted by Crippen LogP contribution is 2.35. The maximum Gasteiger partial charge on any atom is 0.227 e. The third-order valence-corrected chi connectivity index (χ3v) is 4.58. The summed E-state index contributed by atoms with van der Waals surface area (Å²) in [4.78, 5) is 12.3. The van der Waals surface area contributed by atoms with Crippen molar-refractivity contribution in [3.63, 3.8) is 0 Å². The Kier molecular flexibility index (Phi) is 5.18. The standard InChI is InChI=1S/C17H25NO2/c1-14(15-8-4-2-5-9-15)16(20)18-12-17(13-19)10-6-3-7-11-17/h2,4-5,8-9,14,19H,3,6-7,10-13H2,1H3,(H,18,20). The van der Waals surface area contributed by atoms with E-state index in [1.807, 2.05) is 37.3 Å². The quantitative estimate of drug-likeness (QED) is 0.868. The summed E-state index contributed by atoms with van der Waals surface area (Å²) in [6.07, 6.45) is 5.60. The van der Waals surface area contributed by atoms with Crippen LogP contribution < -0.4 is 5.32 Å². The lowest BCUT2D eigenvalue weighted by Crippen LogP contribution is -2.42. The van der Waals surface area contributed by atoms with Crippen molar-refractivity contribution in [3.05, 3.63) is 35.9 Å². The van der Waals surface area contributed by atoms with Crippen LogP contribution in [0, 0.1) is 5.41 Å². The summed E-state index contributed by atoms with van der Waals surface area (Å²) in [5, 5.41) is 12.7. The Morgan fingerprint density at radius 1 is 1.25 bits per heavy atom. The number of rotatable bonds is 5. The highest BCUT2D eigenvalue weighted by atomic mass is 16.3. The lowest BCUT2D eigenvalue weighted by Gasteiger charge is -2.36. The monoisotopic (exact) mass is 275 g/mol. The second kappa shape index (κ2) is 6.89. The molecular formula is C17H25NO2. The number of nitrogens with one attached hydrogen (secondary N) is 1. The molecular weight excluding hydrogens is 250 g/mol. The molecule has 0 saturated heterocycles. The molecule has 0 spiro atoms. The second-order valence-corrected chi connectivity index (χ2v) is 6.07. The van der Waals surface area contributed by atoms with Crippen LogP contribution in [0.4, 0.5) is 0 Å². The molecule has 1 fully saturated rings. The molecule has 1 aliphatic rings. The smallest absolute Gasteiger partial charge is 0.227 e. The van der Waals surface area contributed by atoms with E-state index in [2.05, 4.69) is 5.32 Å². The molecule has 110 valence electrons. The first-order chi connectivity index (χ1) is 9.67. The van der Waals surface area contributed by atoms with Gasteiger partial charge in [-0.1, -0.05) is 49.6 Å². The van der Waals surface area contributed by atoms with E-state index in [0.717, 1.165) is 31.2 Å². The van der Waals surface area contributed by atoms with Gasteiger partial charge in [-0.2, -0.15) is 0 Å². The number of aliphatic hydroxyl groups is 1. The number of hydrogen-bond acceptors (Lipinski definition) is 2. The van der Waals surface area contributed by atoms with Crippen molar-refractivity contribution in [1.82, 2.24) is 5.32 Å². The van der Waals surface area contributed by atoms with Crippen molar-refractivity contribution in [2.75, 3.05) is 13.2 Å². The first-order valence-electron chi connectivity index (χ1n) is 7.60. The molecule has 1 aromatic rings. The van der Waals surface area contributed by atoms with E-state index in [1.54, 1.807) is 0 Å². The minimum Gasteiger partial charge on any atom is -0.396 e. The van der Waals surface area contributed by atoms with Gasteiger partial charge >= 0.3 is 0 Å². The van der Waals surface area contributed by atoms with Crippen LogP contribution in [0.5, 0.6) is 0 Å². The van der Waals surface area contributed by atoms with Crippen LogP contribution in [-0.2, 0) is 4.79 Å². The zero-order chi connectivity index (χ0) is 14.4. The van der Waals surface area contributed by atoms with E-state index in [-0.39, 0.29) is 23.8 Å². The second-order valence-electron chi connectivity index (χ2n) is 6.07. The largest absolute Gasteiger partial charge is 0.396 e. The van der Waals surface area contributed by atoms with Crippen LogP contribution >= 0.6 is 0 Å². The zero-order valence-electron chi connectivity index (χ0n) is 12.3. The molecule has 0 aromatic heterocycles. The van der Waals surface area contributed by atoms with Crippen LogP contribution in [0.2, 0.25) is 0 Å². The molecule has 2 rings (SSSR count). The number of carbonyl (C=O) groups is 1. The predicted molar refractivity (Wildman–Crippen MR) is 80.5 cm³/mol. The van der Waals surface area contributed by atoms with Gasteiger partial charge in [0, 0.05) is 12.0 Å². The van der Waals surface area contributed by atoms with Crippen LogP contribution in [0.1, 0.15) is 50.5 Å². The van der Waals surface area contributed by atoms with Gasteiger partial charge < -0.3 is 10.4 Å². The van der Waals surface area contributed by atoms with Crippen molar-refractivity contribution in [2.45, 2.75) is 44.9 Å². The Labute approximate surface area is 121 Å². The van der Waals surface area contributed by atoms with E-state index < -0.39 is 0 Å². The molecule has 3 nitrogen and oxygen atoms in total. The average molecular weight is 275 g/mol. The van der Waals surface area contributed by atoms with Gasteiger partial charge in [-0.25, -0.2) is 0 Å². The van der Waals surface area contributed by atoms with Crippen LogP contribution in [0.25, 0.3) is 0 Å². The van der Waals surface area contributed by atoms with E-state index >= 15 is 0 Å². The van der Waals surface area contributed by atoms with Gasteiger partial charge in [0.2, 0.25) is 5.91 Å². The van der Waals surface area contributed by atoms with Crippen LogP contribution in [0.15, 0.2) is 30.3 Å². The van der Waals surface area contributed by atoms with Crippen LogP contribution in [-0.4, -0.2) is 24.2 Å². The van der Waals surface area contributed by atoms with Gasteiger partial charge in [-0.15, -0.1) is 0 Å². The summed E-state index contributed by atoms with van der Waals surface area (Å²) in [6.45, 7) is 2.70. The maximum absolute atomic E-state index is 12.3. The molecule has 1 unspecified atom stereocenters. The summed E-state index contributed by atoms with van der Waals surface area (Å²) in [5.74, 6) is -0.0925. The Bertz CT molecular complexity index is 424. The highest BCUT2D eigenvalue weighted by Gasteiger charge is 2.32. The van der Waals surface area contributed by atoms with Gasteiger partial charge in [-0.05, 0) is 25.3 Å². The Morgan fingerprint density at radius 2 is 1.90 bits per heavy atom. The molecule has 2 N–H and O–H groups in total. The summed E-state index contributed by atoms with van der Waals surface area (Å²) in [6, 6.07) is 9.82. The van der Waals surface area contributed by atoms with E-state index in [9.17, 15) is 9.90 Å². The third-order valence-electron chi connectivity index (χ3n) is 4.58. The normalized spacial score (nSPS) is 19.3. The fourth-order valence-electron chi connectivity index (χ4n) is 3.01. The molecule has 0 bridgehead atoms. The molecule has 0 aliphatic heterocycles. The molecule has 0 radical (unpaired) electrons. The number of aliphatic hydroxyl groups excluding tert-OH is 1. The SMILES string of the molecule is CC(C(=O)NCC1(CO)CCCCC1)c1ccccc1. The third kappa shape index (κ3) is 3.60. The average Bonchev–Trinajstić information content (AvgIpc) is 2.53. The van der Waals surface area contributed by atoms with Crippen molar-refractivity contribution in [3.8, 4) is 0 Å². The fourth-order valence-corrected chi connectivity index (χ4v) is 3.01. The van der Waals surface area contributed by atoms with Gasteiger partial charge in [0.05, 0.1) is 12.5 Å². The van der Waals surface area contributed by atoms with Gasteiger partial charge in [-0.3, -0.25) is 4.79 Å². The predicted octanol–water partition coefficient (Wildman–Crippen LogP) is 2.85. The van der Waals surface area contributed by atoms with Gasteiger partial charge in [0.15, 0.2) is 0 Å². The summed E-state index contributed by atoms with van der Waals surface area (Å²) in [7, 11) is 0. The Hall–Kier alpha value is -1.35. The summed E-state index contributed by atoms with van der Waals surface area (Å²) < 4.78 is 0. The number of carbonyl (C=O) groups excluding carboxylic acids is 1. The Balaban J connectivity index is 1.91. The van der Waals surface area contributed by atoms with Crippen molar-refractivity contribution in [2.24, 2.45) is 5.41 Å². The van der Waals surface area contributed by atoms with E-state index in [4.69, 9.17) is 0 Å². The van der Waals surface area contributed by atoms with Gasteiger partial charge in [0.1, 0.15) is 0 Å². The first kappa shape index (κ1) is 15.0. The Morgan fingerprint density at radius 3 is 2.50 bits per heavy atom. The molecule has 3 heteroatoms. The molecule has 20 heavy (non-hydrogen) atoms. The van der Waals surface area contributed by atoms with Crippen molar-refractivity contribution >= 4 is 5.91 Å². The molecule has 1 aromatic carbocycles. The van der Waals surface area contributed by atoms with Crippen molar-refractivity contribution < 1.29 is 9.90 Å². The van der Waals surface area contributed by atoms with E-state index in [0.29, 0.717) is 6.54 Å². The molecule has 1 saturated carbocycles. The van der Waals surface area contributed by atoms with Crippen LogP contribution in [0.3, 0.4) is 0 Å². The highest BCUT2D eigenvalue weighted by molar-refractivity contribution is 5.83. The molecule has 1 amide bonds. The molecule has 1 atom stereocenters. The lowest BCUT2D eigenvalue weighted by molar-refractivity contribution is -0.123. The zero-order valence-corrected chi connectivity index (χ0v) is 12.3. The maximum atomic E-state index is 12.3. The summed E-state index contributed by atoms with van der Waals surface area (Å²) >= 11 is 0. The minimum atomic E-state index is -0.143. The number of hydrogen-bond donors (Lipinski definition) is 2. The topological polar surface area (TPSA) is 49.3 Å². The van der Waals surface area contributed by atoms with Gasteiger partial charge in [0.25, 0.3) is 0 Å². The molecule has 0 heterocycles. The molecule has 1 aliphatic carbocycles. The first-order valence-corrected chi connectivity index (χ1v) is 7.60. The summed E-state index contributed by atoms with van der Waals surface area (Å²) in [5.41, 5.74) is 0.941.